The Kier molecular flexibility index (Phi) is 7.68. The summed E-state index contributed by atoms with van der Waals surface area (Å²) in [7, 11) is 0. The summed E-state index contributed by atoms with van der Waals surface area (Å²) in [5, 5.41) is 3.48. The number of benzene rings is 1. The lowest BCUT2D eigenvalue weighted by molar-refractivity contribution is 0.0759. The van der Waals surface area contributed by atoms with Crippen LogP contribution in [0.5, 0.6) is 0 Å². The molecular weight excluding hydrogens is 241 g/mol. The van der Waals surface area contributed by atoms with Crippen molar-refractivity contribution in [2.45, 2.75) is 52.2 Å². The van der Waals surface area contributed by atoms with Crippen LogP contribution in [0.15, 0.2) is 24.3 Å². The van der Waals surface area contributed by atoms with E-state index in [0.717, 1.165) is 32.4 Å². The number of hydrogen-bond donors (Lipinski definition) is 1. The smallest absolute Gasteiger partial charge is 0.123 e. The molecule has 1 aromatic carbocycles. The molecule has 0 heterocycles. The molecule has 0 radical (unpaired) electrons. The summed E-state index contributed by atoms with van der Waals surface area (Å²) >= 11 is 0. The Morgan fingerprint density at radius 3 is 2.42 bits per heavy atom. The van der Waals surface area contributed by atoms with E-state index >= 15 is 0 Å². The van der Waals surface area contributed by atoms with E-state index in [1.807, 2.05) is 12.1 Å². The van der Waals surface area contributed by atoms with Crippen LogP contribution in [-0.4, -0.2) is 25.3 Å². The maximum atomic E-state index is 12.8. The monoisotopic (exact) mass is 267 g/mol. The van der Waals surface area contributed by atoms with Crippen molar-refractivity contribution in [3.8, 4) is 0 Å². The standard InChI is InChI=1S/C16H26FNO/c1-13(2)19-11-5-4-10-18-14(3)12-15-6-8-16(17)9-7-15/h6-9,13-14,18H,4-5,10-12H2,1-3H3. The molecule has 0 saturated carbocycles. The molecule has 0 aliphatic rings. The lowest BCUT2D eigenvalue weighted by Crippen LogP contribution is -2.29. The number of ether oxygens (including phenoxy) is 1. The van der Waals surface area contributed by atoms with E-state index in [-0.39, 0.29) is 5.82 Å². The average Bonchev–Trinajstić information content (AvgIpc) is 2.36. The van der Waals surface area contributed by atoms with Gasteiger partial charge in [0, 0.05) is 12.6 Å². The molecule has 1 N–H and O–H groups in total. The van der Waals surface area contributed by atoms with Crippen molar-refractivity contribution in [2.24, 2.45) is 0 Å². The molecular formula is C16H26FNO. The largest absolute Gasteiger partial charge is 0.379 e. The highest BCUT2D eigenvalue weighted by molar-refractivity contribution is 5.16. The normalized spacial score (nSPS) is 12.9. The molecule has 1 atom stereocenters. The van der Waals surface area contributed by atoms with Gasteiger partial charge in [-0.1, -0.05) is 12.1 Å². The molecule has 0 aliphatic carbocycles. The Bertz CT molecular complexity index is 337. The predicted molar refractivity (Wildman–Crippen MR) is 77.9 cm³/mol. The Hall–Kier alpha value is -0.930. The minimum Gasteiger partial charge on any atom is -0.379 e. The van der Waals surface area contributed by atoms with Crippen LogP contribution in [0.2, 0.25) is 0 Å². The van der Waals surface area contributed by atoms with E-state index in [1.54, 1.807) is 0 Å². The van der Waals surface area contributed by atoms with Gasteiger partial charge >= 0.3 is 0 Å². The highest BCUT2D eigenvalue weighted by Gasteiger charge is 2.03. The zero-order chi connectivity index (χ0) is 14.1. The fraction of sp³-hybridized carbons (Fsp3) is 0.625. The van der Waals surface area contributed by atoms with Gasteiger partial charge in [-0.05, 0) is 64.3 Å². The third-order valence-electron chi connectivity index (χ3n) is 2.97. The Morgan fingerprint density at radius 1 is 1.11 bits per heavy atom. The van der Waals surface area contributed by atoms with Gasteiger partial charge in [0.2, 0.25) is 0 Å². The number of unbranched alkanes of at least 4 members (excludes halogenated alkanes) is 1. The second-order valence-electron chi connectivity index (χ2n) is 5.31. The summed E-state index contributed by atoms with van der Waals surface area (Å²) in [4.78, 5) is 0. The van der Waals surface area contributed by atoms with Crippen LogP contribution in [0, 0.1) is 5.82 Å². The minimum atomic E-state index is -0.172. The van der Waals surface area contributed by atoms with Crippen molar-refractivity contribution < 1.29 is 9.13 Å². The molecule has 0 amide bonds. The summed E-state index contributed by atoms with van der Waals surface area (Å²) in [5.41, 5.74) is 1.17. The maximum absolute atomic E-state index is 12.8. The Balaban J connectivity index is 2.08. The van der Waals surface area contributed by atoms with Gasteiger partial charge in [0.25, 0.3) is 0 Å². The average molecular weight is 267 g/mol. The van der Waals surface area contributed by atoms with Gasteiger partial charge in [0.1, 0.15) is 5.82 Å². The van der Waals surface area contributed by atoms with Crippen molar-refractivity contribution in [3.05, 3.63) is 35.6 Å². The van der Waals surface area contributed by atoms with Gasteiger partial charge in [-0.15, -0.1) is 0 Å². The first kappa shape index (κ1) is 16.1. The zero-order valence-electron chi connectivity index (χ0n) is 12.3. The quantitative estimate of drug-likeness (QED) is 0.691. The first-order valence-corrected chi connectivity index (χ1v) is 7.17. The molecule has 0 aliphatic heterocycles. The van der Waals surface area contributed by atoms with Crippen molar-refractivity contribution in [2.75, 3.05) is 13.2 Å². The highest BCUT2D eigenvalue weighted by Crippen LogP contribution is 2.05. The minimum absolute atomic E-state index is 0.172. The third kappa shape index (κ3) is 7.96. The van der Waals surface area contributed by atoms with E-state index in [9.17, 15) is 4.39 Å². The van der Waals surface area contributed by atoms with Gasteiger partial charge < -0.3 is 10.1 Å². The van der Waals surface area contributed by atoms with Crippen LogP contribution in [0.1, 0.15) is 39.2 Å². The molecule has 0 fully saturated rings. The molecule has 0 aromatic heterocycles. The maximum Gasteiger partial charge on any atom is 0.123 e. The number of rotatable bonds is 9. The van der Waals surface area contributed by atoms with Crippen LogP contribution < -0.4 is 5.32 Å². The van der Waals surface area contributed by atoms with Crippen molar-refractivity contribution >= 4 is 0 Å². The third-order valence-corrected chi connectivity index (χ3v) is 2.97. The molecule has 0 saturated heterocycles. The number of halogens is 1. The summed E-state index contributed by atoms with van der Waals surface area (Å²) in [6.45, 7) is 8.12. The predicted octanol–water partition coefficient (Wildman–Crippen LogP) is 3.55. The van der Waals surface area contributed by atoms with E-state index in [4.69, 9.17) is 4.74 Å². The lowest BCUT2D eigenvalue weighted by atomic mass is 10.1. The van der Waals surface area contributed by atoms with Gasteiger partial charge in [0.05, 0.1) is 6.10 Å². The second-order valence-corrected chi connectivity index (χ2v) is 5.31. The first-order valence-electron chi connectivity index (χ1n) is 7.17. The van der Waals surface area contributed by atoms with Gasteiger partial charge in [0.15, 0.2) is 0 Å². The zero-order valence-corrected chi connectivity index (χ0v) is 12.3. The fourth-order valence-electron chi connectivity index (χ4n) is 1.94. The Morgan fingerprint density at radius 2 is 1.79 bits per heavy atom. The number of nitrogens with one attached hydrogen (secondary N) is 1. The molecule has 3 heteroatoms. The molecule has 1 unspecified atom stereocenters. The summed E-state index contributed by atoms with van der Waals surface area (Å²) in [5.74, 6) is -0.172. The molecule has 2 nitrogen and oxygen atoms in total. The highest BCUT2D eigenvalue weighted by atomic mass is 19.1. The van der Waals surface area contributed by atoms with E-state index in [0.29, 0.717) is 12.1 Å². The summed E-state index contributed by atoms with van der Waals surface area (Å²) in [6, 6.07) is 7.15. The molecule has 19 heavy (non-hydrogen) atoms. The first-order chi connectivity index (χ1) is 9.08. The van der Waals surface area contributed by atoms with Crippen molar-refractivity contribution in [3.63, 3.8) is 0 Å². The van der Waals surface area contributed by atoms with Crippen molar-refractivity contribution in [1.82, 2.24) is 5.32 Å². The van der Waals surface area contributed by atoms with E-state index in [2.05, 4.69) is 26.1 Å². The van der Waals surface area contributed by atoms with Crippen LogP contribution >= 0.6 is 0 Å². The SMILES string of the molecule is CC(Cc1ccc(F)cc1)NCCCCOC(C)C. The lowest BCUT2D eigenvalue weighted by Gasteiger charge is -2.14. The van der Waals surface area contributed by atoms with E-state index < -0.39 is 0 Å². The van der Waals surface area contributed by atoms with Crippen molar-refractivity contribution in [1.29, 1.82) is 0 Å². The second kappa shape index (κ2) is 9.05. The molecule has 0 spiro atoms. The number of hydrogen-bond acceptors (Lipinski definition) is 2. The van der Waals surface area contributed by atoms with Crippen LogP contribution in [0.3, 0.4) is 0 Å². The summed E-state index contributed by atoms with van der Waals surface area (Å²) < 4.78 is 18.3. The molecule has 0 bridgehead atoms. The van der Waals surface area contributed by atoms with Gasteiger partial charge in [-0.3, -0.25) is 0 Å². The van der Waals surface area contributed by atoms with Gasteiger partial charge in [-0.25, -0.2) is 4.39 Å². The molecule has 1 rings (SSSR count). The summed E-state index contributed by atoms with van der Waals surface area (Å²) in [6.07, 6.45) is 3.47. The molecule has 1 aromatic rings. The van der Waals surface area contributed by atoms with Gasteiger partial charge in [-0.2, -0.15) is 0 Å². The fourth-order valence-corrected chi connectivity index (χ4v) is 1.94. The van der Waals surface area contributed by atoms with Crippen LogP contribution in [0.25, 0.3) is 0 Å². The van der Waals surface area contributed by atoms with E-state index in [1.165, 1.54) is 17.7 Å². The van der Waals surface area contributed by atoms with Crippen LogP contribution in [-0.2, 0) is 11.2 Å². The van der Waals surface area contributed by atoms with Crippen LogP contribution in [0.4, 0.5) is 4.39 Å². The molecule has 108 valence electrons. The Labute approximate surface area is 116 Å². The topological polar surface area (TPSA) is 21.3 Å².